The SMILES string of the molecule is CC(=O)NCC(C)N(C)c1ccccc1. The first-order chi connectivity index (χ1) is 7.11. The lowest BCUT2D eigenvalue weighted by molar-refractivity contribution is -0.119. The van der Waals surface area contributed by atoms with E-state index in [4.69, 9.17) is 0 Å². The molecule has 1 rings (SSSR count). The third-order valence-corrected chi connectivity index (χ3v) is 2.47. The number of anilines is 1. The highest BCUT2D eigenvalue weighted by Crippen LogP contribution is 2.13. The van der Waals surface area contributed by atoms with Crippen LogP contribution in [0.25, 0.3) is 0 Å². The van der Waals surface area contributed by atoms with Gasteiger partial charge in [0, 0.05) is 32.2 Å². The van der Waals surface area contributed by atoms with Gasteiger partial charge in [-0.1, -0.05) is 18.2 Å². The molecule has 1 N–H and O–H groups in total. The predicted octanol–water partition coefficient (Wildman–Crippen LogP) is 1.65. The van der Waals surface area contributed by atoms with Crippen LogP contribution in [0, 0.1) is 0 Å². The molecule has 3 heteroatoms. The van der Waals surface area contributed by atoms with E-state index >= 15 is 0 Å². The van der Waals surface area contributed by atoms with Gasteiger partial charge in [-0.25, -0.2) is 0 Å². The molecule has 0 saturated heterocycles. The molecule has 0 aliphatic carbocycles. The van der Waals surface area contributed by atoms with Crippen molar-refractivity contribution in [2.75, 3.05) is 18.5 Å². The maximum atomic E-state index is 10.8. The lowest BCUT2D eigenvalue weighted by Gasteiger charge is -2.27. The van der Waals surface area contributed by atoms with Crippen LogP contribution < -0.4 is 10.2 Å². The molecule has 1 unspecified atom stereocenters. The normalized spacial score (nSPS) is 11.9. The van der Waals surface area contributed by atoms with Crippen LogP contribution in [-0.2, 0) is 4.79 Å². The Labute approximate surface area is 91.1 Å². The second-order valence-electron chi connectivity index (χ2n) is 3.73. The molecule has 0 spiro atoms. The fourth-order valence-electron chi connectivity index (χ4n) is 1.35. The van der Waals surface area contributed by atoms with Gasteiger partial charge in [0.05, 0.1) is 0 Å². The molecule has 1 amide bonds. The lowest BCUT2D eigenvalue weighted by atomic mass is 10.2. The molecule has 0 heterocycles. The largest absolute Gasteiger partial charge is 0.370 e. The summed E-state index contributed by atoms with van der Waals surface area (Å²) in [5.74, 6) is 0.0170. The number of benzene rings is 1. The van der Waals surface area contributed by atoms with Crippen LogP contribution in [0.5, 0.6) is 0 Å². The van der Waals surface area contributed by atoms with E-state index in [1.807, 2.05) is 25.2 Å². The minimum Gasteiger partial charge on any atom is -0.370 e. The molecule has 0 bridgehead atoms. The van der Waals surface area contributed by atoms with Gasteiger partial charge in [0.2, 0.25) is 5.91 Å². The number of nitrogens with zero attached hydrogens (tertiary/aromatic N) is 1. The van der Waals surface area contributed by atoms with Crippen molar-refractivity contribution in [3.05, 3.63) is 30.3 Å². The number of likely N-dealkylation sites (N-methyl/N-ethyl adjacent to an activating group) is 1. The van der Waals surface area contributed by atoms with E-state index in [-0.39, 0.29) is 11.9 Å². The number of para-hydroxylation sites is 1. The summed E-state index contributed by atoms with van der Waals surface area (Å²) in [7, 11) is 2.03. The number of rotatable bonds is 4. The number of carbonyl (C=O) groups excluding carboxylic acids is 1. The van der Waals surface area contributed by atoms with Gasteiger partial charge in [-0.3, -0.25) is 4.79 Å². The van der Waals surface area contributed by atoms with Gasteiger partial charge in [-0.05, 0) is 19.1 Å². The van der Waals surface area contributed by atoms with Crippen molar-refractivity contribution in [2.45, 2.75) is 19.9 Å². The van der Waals surface area contributed by atoms with Crippen LogP contribution in [0.15, 0.2) is 30.3 Å². The number of nitrogens with one attached hydrogen (secondary N) is 1. The van der Waals surface area contributed by atoms with E-state index in [2.05, 4.69) is 29.3 Å². The average Bonchev–Trinajstić information content (AvgIpc) is 2.26. The Kier molecular flexibility index (Phi) is 4.16. The standard InChI is InChI=1S/C12H18N2O/c1-10(9-13-11(2)15)14(3)12-7-5-4-6-8-12/h4-8,10H,9H2,1-3H3,(H,13,15). The Morgan fingerprint density at radius 2 is 2.00 bits per heavy atom. The summed E-state index contributed by atoms with van der Waals surface area (Å²) in [6, 6.07) is 10.4. The fraction of sp³-hybridized carbons (Fsp3) is 0.417. The third-order valence-electron chi connectivity index (χ3n) is 2.47. The molecule has 1 atom stereocenters. The summed E-state index contributed by atoms with van der Waals surface area (Å²) in [5, 5.41) is 2.82. The van der Waals surface area contributed by atoms with Crippen molar-refractivity contribution in [1.82, 2.24) is 5.32 Å². The monoisotopic (exact) mass is 206 g/mol. The Balaban J connectivity index is 2.53. The first-order valence-corrected chi connectivity index (χ1v) is 5.13. The first-order valence-electron chi connectivity index (χ1n) is 5.13. The number of hydrogen-bond donors (Lipinski definition) is 1. The summed E-state index contributed by atoms with van der Waals surface area (Å²) >= 11 is 0. The zero-order valence-electron chi connectivity index (χ0n) is 9.53. The molecule has 15 heavy (non-hydrogen) atoms. The number of amides is 1. The summed E-state index contributed by atoms with van der Waals surface area (Å²) in [6.07, 6.45) is 0. The second-order valence-corrected chi connectivity index (χ2v) is 3.73. The van der Waals surface area contributed by atoms with Gasteiger partial charge >= 0.3 is 0 Å². The van der Waals surface area contributed by atoms with Crippen LogP contribution in [0.4, 0.5) is 5.69 Å². The third kappa shape index (κ3) is 3.62. The molecule has 0 aromatic heterocycles. The van der Waals surface area contributed by atoms with Gasteiger partial charge < -0.3 is 10.2 Å². The molecule has 3 nitrogen and oxygen atoms in total. The minimum atomic E-state index is 0.0170. The van der Waals surface area contributed by atoms with Gasteiger partial charge in [0.15, 0.2) is 0 Å². The van der Waals surface area contributed by atoms with E-state index < -0.39 is 0 Å². The Morgan fingerprint density at radius 3 is 2.53 bits per heavy atom. The molecular weight excluding hydrogens is 188 g/mol. The maximum Gasteiger partial charge on any atom is 0.216 e. The summed E-state index contributed by atoms with van der Waals surface area (Å²) in [5.41, 5.74) is 1.16. The first kappa shape index (κ1) is 11.6. The summed E-state index contributed by atoms with van der Waals surface area (Å²) in [6.45, 7) is 4.29. The van der Waals surface area contributed by atoms with Crippen LogP contribution in [0.3, 0.4) is 0 Å². The van der Waals surface area contributed by atoms with Crippen molar-refractivity contribution < 1.29 is 4.79 Å². The molecule has 0 radical (unpaired) electrons. The number of carbonyl (C=O) groups is 1. The smallest absolute Gasteiger partial charge is 0.216 e. The van der Waals surface area contributed by atoms with Gasteiger partial charge in [-0.15, -0.1) is 0 Å². The van der Waals surface area contributed by atoms with E-state index in [1.165, 1.54) is 6.92 Å². The van der Waals surface area contributed by atoms with E-state index in [0.717, 1.165) is 5.69 Å². The summed E-state index contributed by atoms with van der Waals surface area (Å²) in [4.78, 5) is 12.9. The highest BCUT2D eigenvalue weighted by atomic mass is 16.1. The van der Waals surface area contributed by atoms with Crippen molar-refractivity contribution in [2.24, 2.45) is 0 Å². The van der Waals surface area contributed by atoms with Crippen LogP contribution in [0.1, 0.15) is 13.8 Å². The molecule has 1 aromatic rings. The molecule has 0 fully saturated rings. The Morgan fingerprint density at radius 1 is 1.40 bits per heavy atom. The van der Waals surface area contributed by atoms with Crippen LogP contribution in [-0.4, -0.2) is 25.5 Å². The Bertz CT molecular complexity index is 311. The molecule has 1 aromatic carbocycles. The van der Waals surface area contributed by atoms with Gasteiger partial charge in [0.1, 0.15) is 0 Å². The molecular formula is C12H18N2O. The molecule has 0 aliphatic heterocycles. The topological polar surface area (TPSA) is 32.3 Å². The predicted molar refractivity (Wildman–Crippen MR) is 63.0 cm³/mol. The minimum absolute atomic E-state index is 0.0170. The maximum absolute atomic E-state index is 10.8. The van der Waals surface area contributed by atoms with E-state index in [0.29, 0.717) is 6.54 Å². The fourth-order valence-corrected chi connectivity index (χ4v) is 1.35. The van der Waals surface area contributed by atoms with Crippen molar-refractivity contribution >= 4 is 11.6 Å². The Hall–Kier alpha value is -1.51. The van der Waals surface area contributed by atoms with Crippen molar-refractivity contribution in [1.29, 1.82) is 0 Å². The van der Waals surface area contributed by atoms with E-state index in [1.54, 1.807) is 0 Å². The number of hydrogen-bond acceptors (Lipinski definition) is 2. The molecule has 82 valence electrons. The zero-order chi connectivity index (χ0) is 11.3. The van der Waals surface area contributed by atoms with Gasteiger partial charge in [-0.2, -0.15) is 0 Å². The van der Waals surface area contributed by atoms with E-state index in [9.17, 15) is 4.79 Å². The van der Waals surface area contributed by atoms with Crippen LogP contribution >= 0.6 is 0 Å². The molecule has 0 saturated carbocycles. The quantitative estimate of drug-likeness (QED) is 0.812. The van der Waals surface area contributed by atoms with Crippen molar-refractivity contribution in [3.8, 4) is 0 Å². The highest BCUT2D eigenvalue weighted by Gasteiger charge is 2.09. The second kappa shape index (κ2) is 5.39. The molecule has 0 aliphatic rings. The van der Waals surface area contributed by atoms with Crippen LogP contribution in [0.2, 0.25) is 0 Å². The summed E-state index contributed by atoms with van der Waals surface area (Å²) < 4.78 is 0. The van der Waals surface area contributed by atoms with Crippen molar-refractivity contribution in [3.63, 3.8) is 0 Å². The lowest BCUT2D eigenvalue weighted by Crippen LogP contribution is -2.39. The average molecular weight is 206 g/mol. The zero-order valence-corrected chi connectivity index (χ0v) is 9.53. The van der Waals surface area contributed by atoms with Gasteiger partial charge in [0.25, 0.3) is 0 Å². The highest BCUT2D eigenvalue weighted by molar-refractivity contribution is 5.72.